The van der Waals surface area contributed by atoms with Crippen molar-refractivity contribution in [1.29, 1.82) is 0 Å². The van der Waals surface area contributed by atoms with Gasteiger partial charge in [0, 0.05) is 29.1 Å². The normalized spacial score (nSPS) is 24.2. The van der Waals surface area contributed by atoms with Crippen LogP contribution in [-0.4, -0.2) is 31.7 Å². The number of piperidine rings is 1. The summed E-state index contributed by atoms with van der Waals surface area (Å²) >= 11 is 6.05. The minimum absolute atomic E-state index is 0.145. The molecule has 0 aliphatic carbocycles. The summed E-state index contributed by atoms with van der Waals surface area (Å²) in [4.78, 5) is 12.5. The van der Waals surface area contributed by atoms with Crippen LogP contribution < -0.4 is 10.6 Å². The first kappa shape index (κ1) is 20.2. The van der Waals surface area contributed by atoms with Crippen LogP contribution in [0.25, 0.3) is 0 Å². The largest absolute Gasteiger partial charge is 0.351 e. The topological polar surface area (TPSA) is 41.1 Å². The molecule has 1 fully saturated rings. The van der Waals surface area contributed by atoms with E-state index in [-0.39, 0.29) is 11.3 Å². The molecule has 2 atom stereocenters. The molecule has 0 radical (unpaired) electrons. The number of hydrogen-bond donors (Lipinski definition) is 2. The van der Waals surface area contributed by atoms with E-state index in [9.17, 15) is 9.18 Å². The van der Waals surface area contributed by atoms with Gasteiger partial charge < -0.3 is 10.6 Å². The number of aryl methyl sites for hydroxylation is 1. The van der Waals surface area contributed by atoms with Crippen molar-refractivity contribution in [3.8, 4) is 0 Å². The molecule has 1 heterocycles. The molecule has 0 unspecified atom stereocenters. The maximum atomic E-state index is 14.8. The van der Waals surface area contributed by atoms with Gasteiger partial charge in [0.1, 0.15) is 6.17 Å². The Morgan fingerprint density at radius 2 is 2.12 bits per heavy atom. The molecular formula is C20H30ClFN2O. The molecule has 0 aromatic heterocycles. The highest BCUT2D eigenvalue weighted by molar-refractivity contribution is 6.31. The number of carbonyl (C=O) groups excluding carboxylic acids is 1. The molecule has 1 aliphatic rings. The zero-order valence-electron chi connectivity index (χ0n) is 15.7. The molecule has 1 aromatic rings. The standard InChI is InChI=1S/C20H30ClFN2O/c1-14-9-15(11-16(21)10-14)18(25)24-13-20(6-5-19(2,3)4)7-8-23-12-17(20)22/h9-11,17,23H,5-8,12-13H2,1-4H3,(H,24,25)/t17-,20-/m1/s1. The van der Waals surface area contributed by atoms with Gasteiger partial charge in [0.25, 0.3) is 5.91 Å². The second-order valence-electron chi connectivity index (χ2n) is 8.54. The summed E-state index contributed by atoms with van der Waals surface area (Å²) in [7, 11) is 0. The van der Waals surface area contributed by atoms with Gasteiger partial charge in [-0.25, -0.2) is 4.39 Å². The Labute approximate surface area is 155 Å². The quantitative estimate of drug-likeness (QED) is 0.802. The summed E-state index contributed by atoms with van der Waals surface area (Å²) in [5, 5.41) is 6.62. The molecule has 0 spiro atoms. The van der Waals surface area contributed by atoms with E-state index in [1.165, 1.54) is 0 Å². The Morgan fingerprint density at radius 1 is 1.40 bits per heavy atom. The lowest BCUT2D eigenvalue weighted by molar-refractivity contribution is 0.0447. The number of halogens is 2. The third-order valence-electron chi connectivity index (χ3n) is 5.07. The van der Waals surface area contributed by atoms with Gasteiger partial charge in [-0.2, -0.15) is 0 Å². The minimum Gasteiger partial charge on any atom is -0.351 e. The molecule has 2 N–H and O–H groups in total. The summed E-state index contributed by atoms with van der Waals surface area (Å²) < 4.78 is 14.8. The van der Waals surface area contributed by atoms with Crippen molar-refractivity contribution in [3.05, 3.63) is 34.3 Å². The number of amides is 1. The zero-order chi connectivity index (χ0) is 18.7. The number of rotatable bonds is 5. The van der Waals surface area contributed by atoms with Crippen molar-refractivity contribution in [2.75, 3.05) is 19.6 Å². The van der Waals surface area contributed by atoms with Crippen molar-refractivity contribution in [2.24, 2.45) is 10.8 Å². The van der Waals surface area contributed by atoms with Crippen LogP contribution in [0.1, 0.15) is 56.0 Å². The number of alkyl halides is 1. The molecule has 0 bridgehead atoms. The van der Waals surface area contributed by atoms with Gasteiger partial charge in [-0.3, -0.25) is 4.79 Å². The first-order chi connectivity index (χ1) is 11.6. The first-order valence-electron chi connectivity index (χ1n) is 9.02. The SMILES string of the molecule is Cc1cc(Cl)cc(C(=O)NC[C@@]2(CCC(C)(C)C)CCNC[C@H]2F)c1. The summed E-state index contributed by atoms with van der Waals surface area (Å²) in [6.45, 7) is 9.91. The average Bonchev–Trinajstić information content (AvgIpc) is 2.51. The van der Waals surface area contributed by atoms with Crippen molar-refractivity contribution in [1.82, 2.24) is 10.6 Å². The van der Waals surface area contributed by atoms with Crippen LogP contribution in [-0.2, 0) is 0 Å². The smallest absolute Gasteiger partial charge is 0.251 e. The van der Waals surface area contributed by atoms with Gasteiger partial charge in [0.2, 0.25) is 0 Å². The van der Waals surface area contributed by atoms with Crippen LogP contribution in [0.5, 0.6) is 0 Å². The second kappa shape index (κ2) is 8.05. The summed E-state index contributed by atoms with van der Waals surface area (Å²) in [6.07, 6.45) is 1.48. The molecule has 5 heteroatoms. The predicted molar refractivity (Wildman–Crippen MR) is 102 cm³/mol. The molecule has 1 amide bonds. The Balaban J connectivity index is 2.09. The van der Waals surface area contributed by atoms with E-state index in [0.717, 1.165) is 31.4 Å². The number of hydrogen-bond acceptors (Lipinski definition) is 2. The Morgan fingerprint density at radius 3 is 2.72 bits per heavy atom. The molecule has 1 aliphatic heterocycles. The highest BCUT2D eigenvalue weighted by Crippen LogP contribution is 2.39. The van der Waals surface area contributed by atoms with Gasteiger partial charge in [0.15, 0.2) is 0 Å². The van der Waals surface area contributed by atoms with Crippen LogP contribution in [0.4, 0.5) is 4.39 Å². The fourth-order valence-electron chi connectivity index (χ4n) is 3.36. The van der Waals surface area contributed by atoms with Crippen molar-refractivity contribution in [2.45, 2.75) is 53.1 Å². The highest BCUT2D eigenvalue weighted by Gasteiger charge is 2.41. The lowest BCUT2D eigenvalue weighted by Gasteiger charge is -2.42. The zero-order valence-corrected chi connectivity index (χ0v) is 16.5. The Bertz CT molecular complexity index is 594. The van der Waals surface area contributed by atoms with E-state index in [1.54, 1.807) is 12.1 Å². The lowest BCUT2D eigenvalue weighted by atomic mass is 9.70. The predicted octanol–water partition coefficient (Wildman–Crippen LogP) is 4.52. The Kier molecular flexibility index (Phi) is 6.50. The van der Waals surface area contributed by atoms with Crippen molar-refractivity contribution in [3.63, 3.8) is 0 Å². The highest BCUT2D eigenvalue weighted by atomic mass is 35.5. The molecule has 1 aromatic carbocycles. The summed E-state index contributed by atoms with van der Waals surface area (Å²) in [5.74, 6) is -0.188. The van der Waals surface area contributed by atoms with Crippen LogP contribution in [0.2, 0.25) is 5.02 Å². The molecule has 25 heavy (non-hydrogen) atoms. The fourth-order valence-corrected chi connectivity index (χ4v) is 3.65. The summed E-state index contributed by atoms with van der Waals surface area (Å²) in [5.41, 5.74) is 1.11. The Hall–Kier alpha value is -1.13. The van der Waals surface area contributed by atoms with E-state index in [1.807, 2.05) is 13.0 Å². The fraction of sp³-hybridized carbons (Fsp3) is 0.650. The number of carbonyl (C=O) groups is 1. The maximum absolute atomic E-state index is 14.8. The van der Waals surface area contributed by atoms with Crippen LogP contribution in [0.15, 0.2) is 18.2 Å². The molecule has 140 valence electrons. The average molecular weight is 369 g/mol. The molecule has 2 rings (SSSR count). The monoisotopic (exact) mass is 368 g/mol. The lowest BCUT2D eigenvalue weighted by Crippen LogP contribution is -2.52. The number of nitrogens with one attached hydrogen (secondary N) is 2. The van der Waals surface area contributed by atoms with Gasteiger partial charge in [-0.1, -0.05) is 32.4 Å². The minimum atomic E-state index is -0.954. The van der Waals surface area contributed by atoms with E-state index in [0.29, 0.717) is 23.7 Å². The molecule has 3 nitrogen and oxygen atoms in total. The van der Waals surface area contributed by atoms with Gasteiger partial charge in [-0.15, -0.1) is 0 Å². The third kappa shape index (κ3) is 5.68. The second-order valence-corrected chi connectivity index (χ2v) is 8.98. The first-order valence-corrected chi connectivity index (χ1v) is 9.39. The van der Waals surface area contributed by atoms with E-state index < -0.39 is 11.6 Å². The van der Waals surface area contributed by atoms with E-state index in [2.05, 4.69) is 31.4 Å². The molecule has 1 saturated heterocycles. The van der Waals surface area contributed by atoms with Gasteiger partial charge in [0.05, 0.1) is 0 Å². The summed E-state index contributed by atoms with van der Waals surface area (Å²) in [6, 6.07) is 5.27. The maximum Gasteiger partial charge on any atom is 0.251 e. The van der Waals surface area contributed by atoms with Gasteiger partial charge in [-0.05, 0) is 61.9 Å². The third-order valence-corrected chi connectivity index (χ3v) is 5.28. The van der Waals surface area contributed by atoms with Crippen molar-refractivity contribution < 1.29 is 9.18 Å². The van der Waals surface area contributed by atoms with Crippen LogP contribution in [0.3, 0.4) is 0 Å². The van der Waals surface area contributed by atoms with E-state index in [4.69, 9.17) is 11.6 Å². The number of benzene rings is 1. The molecular weight excluding hydrogens is 339 g/mol. The van der Waals surface area contributed by atoms with Gasteiger partial charge >= 0.3 is 0 Å². The van der Waals surface area contributed by atoms with E-state index >= 15 is 0 Å². The molecule has 0 saturated carbocycles. The van der Waals surface area contributed by atoms with Crippen LogP contribution in [0, 0.1) is 17.8 Å². The van der Waals surface area contributed by atoms with Crippen molar-refractivity contribution >= 4 is 17.5 Å². The van der Waals surface area contributed by atoms with Crippen LogP contribution >= 0.6 is 11.6 Å².